The molecule has 0 saturated carbocycles. The lowest BCUT2D eigenvalue weighted by Gasteiger charge is -2.24. The number of rotatable bonds is 5. The molecule has 3 amide bonds. The number of sulfone groups is 1. The second-order valence-electron chi connectivity index (χ2n) is 6.69. The maximum absolute atomic E-state index is 12.5. The number of hydrogen-bond acceptors (Lipinski definition) is 6. The number of carbonyl (C=O) groups excluding carboxylic acids is 3. The fourth-order valence-corrected chi connectivity index (χ4v) is 5.74. The van der Waals surface area contributed by atoms with E-state index in [2.05, 4.69) is 0 Å². The highest BCUT2D eigenvalue weighted by Gasteiger charge is 2.36. The average molecular weight is 412 g/mol. The standard InChI is InChI=1S/C17H21N3O5S2/c1-18-7-3-4-12(18)10-14-16(22)20(17(23)26-14)8-5-15(21)19(2)13-6-9-27(24,25)11-13/h3-4,7,10,13H,5-6,8-9,11H2,1-2H3. The molecule has 2 aliphatic rings. The number of nitrogens with zero attached hydrogens (tertiary/aromatic N) is 3. The number of carbonyl (C=O) groups is 3. The third kappa shape index (κ3) is 4.27. The van der Waals surface area contributed by atoms with Crippen molar-refractivity contribution in [2.45, 2.75) is 18.9 Å². The Morgan fingerprint density at radius 1 is 1.41 bits per heavy atom. The summed E-state index contributed by atoms with van der Waals surface area (Å²) in [6.07, 6.45) is 3.89. The first-order chi connectivity index (χ1) is 12.7. The predicted octanol–water partition coefficient (Wildman–Crippen LogP) is 1.10. The lowest BCUT2D eigenvalue weighted by atomic mass is 10.2. The van der Waals surface area contributed by atoms with Crippen LogP contribution in [0.5, 0.6) is 0 Å². The predicted molar refractivity (Wildman–Crippen MR) is 103 cm³/mol. The minimum Gasteiger partial charge on any atom is -0.351 e. The zero-order valence-corrected chi connectivity index (χ0v) is 16.8. The molecular formula is C17H21N3O5S2. The van der Waals surface area contributed by atoms with Crippen LogP contribution in [0.3, 0.4) is 0 Å². The Morgan fingerprint density at radius 2 is 2.15 bits per heavy atom. The smallest absolute Gasteiger partial charge is 0.293 e. The van der Waals surface area contributed by atoms with Crippen LogP contribution in [0.1, 0.15) is 18.5 Å². The molecule has 2 aliphatic heterocycles. The van der Waals surface area contributed by atoms with E-state index in [1.165, 1.54) is 4.90 Å². The molecule has 146 valence electrons. The molecule has 1 aromatic rings. The van der Waals surface area contributed by atoms with Gasteiger partial charge >= 0.3 is 0 Å². The van der Waals surface area contributed by atoms with Crippen LogP contribution >= 0.6 is 11.8 Å². The molecule has 0 bridgehead atoms. The summed E-state index contributed by atoms with van der Waals surface area (Å²) in [4.78, 5) is 39.8. The molecule has 1 unspecified atom stereocenters. The van der Waals surface area contributed by atoms with Crippen molar-refractivity contribution in [3.63, 3.8) is 0 Å². The summed E-state index contributed by atoms with van der Waals surface area (Å²) in [7, 11) is 0.324. The van der Waals surface area contributed by atoms with Gasteiger partial charge < -0.3 is 9.47 Å². The van der Waals surface area contributed by atoms with Crippen molar-refractivity contribution in [2.75, 3.05) is 25.1 Å². The molecule has 3 rings (SSSR count). The lowest BCUT2D eigenvalue weighted by molar-refractivity contribution is -0.132. The summed E-state index contributed by atoms with van der Waals surface area (Å²) >= 11 is 0.855. The van der Waals surface area contributed by atoms with Crippen LogP contribution in [-0.2, 0) is 26.5 Å². The van der Waals surface area contributed by atoms with Gasteiger partial charge in [-0.25, -0.2) is 8.42 Å². The maximum Gasteiger partial charge on any atom is 0.293 e. The van der Waals surface area contributed by atoms with Gasteiger partial charge in [-0.05, 0) is 36.4 Å². The molecule has 3 heterocycles. The Hall–Kier alpha value is -2.07. The molecule has 8 nitrogen and oxygen atoms in total. The molecule has 27 heavy (non-hydrogen) atoms. The molecule has 0 N–H and O–H groups in total. The second kappa shape index (κ2) is 7.51. The largest absolute Gasteiger partial charge is 0.351 e. The first-order valence-corrected chi connectivity index (χ1v) is 11.1. The number of hydrogen-bond donors (Lipinski definition) is 0. The molecular weight excluding hydrogens is 390 g/mol. The van der Waals surface area contributed by atoms with Crippen molar-refractivity contribution in [3.8, 4) is 0 Å². The summed E-state index contributed by atoms with van der Waals surface area (Å²) < 4.78 is 25.0. The Bertz CT molecular complexity index is 919. The van der Waals surface area contributed by atoms with E-state index in [-0.39, 0.29) is 36.4 Å². The summed E-state index contributed by atoms with van der Waals surface area (Å²) in [5.41, 5.74) is 0.804. The molecule has 10 heteroatoms. The van der Waals surface area contributed by atoms with Crippen LogP contribution in [0.2, 0.25) is 0 Å². The Balaban J connectivity index is 1.60. The van der Waals surface area contributed by atoms with Gasteiger partial charge in [-0.1, -0.05) is 0 Å². The minimum absolute atomic E-state index is 0.0161. The number of thioether (sulfide) groups is 1. The molecule has 0 aliphatic carbocycles. The molecule has 0 aromatic carbocycles. The third-order valence-corrected chi connectivity index (χ3v) is 7.49. The fourth-order valence-electron chi connectivity index (χ4n) is 3.12. The Kier molecular flexibility index (Phi) is 5.48. The first kappa shape index (κ1) is 19.7. The SMILES string of the molecule is CN(C(=O)CCN1C(=O)SC(=Cc2cccn2C)C1=O)C1CCS(=O)(=O)C1. The highest BCUT2D eigenvalue weighted by atomic mass is 32.2. The monoisotopic (exact) mass is 411 g/mol. The normalized spacial score (nSPS) is 23.4. The van der Waals surface area contributed by atoms with Crippen LogP contribution in [-0.4, -0.2) is 71.0 Å². The topological polar surface area (TPSA) is 96.8 Å². The van der Waals surface area contributed by atoms with Crippen LogP contribution in [0.4, 0.5) is 4.79 Å². The quantitative estimate of drug-likeness (QED) is 0.673. The van der Waals surface area contributed by atoms with E-state index in [1.54, 1.807) is 13.1 Å². The highest BCUT2D eigenvalue weighted by molar-refractivity contribution is 8.18. The third-order valence-electron chi connectivity index (χ3n) is 4.84. The van der Waals surface area contributed by atoms with E-state index in [0.29, 0.717) is 11.3 Å². The summed E-state index contributed by atoms with van der Waals surface area (Å²) in [6.45, 7) is -0.0161. The average Bonchev–Trinajstić information content (AvgIpc) is 3.25. The fraction of sp³-hybridized carbons (Fsp3) is 0.471. The highest BCUT2D eigenvalue weighted by Crippen LogP contribution is 2.32. The zero-order chi connectivity index (χ0) is 19.8. The molecule has 1 atom stereocenters. The molecule has 0 radical (unpaired) electrons. The van der Waals surface area contributed by atoms with Gasteiger partial charge in [0, 0.05) is 45.0 Å². The number of amides is 3. The van der Waals surface area contributed by atoms with Crippen LogP contribution in [0.25, 0.3) is 6.08 Å². The van der Waals surface area contributed by atoms with Gasteiger partial charge in [-0.15, -0.1) is 0 Å². The number of aromatic nitrogens is 1. The second-order valence-corrected chi connectivity index (χ2v) is 9.91. The van der Waals surface area contributed by atoms with Crippen LogP contribution in [0, 0.1) is 0 Å². The van der Waals surface area contributed by atoms with E-state index >= 15 is 0 Å². The maximum atomic E-state index is 12.5. The van der Waals surface area contributed by atoms with Crippen LogP contribution < -0.4 is 0 Å². The van der Waals surface area contributed by atoms with Gasteiger partial charge in [-0.2, -0.15) is 0 Å². The van der Waals surface area contributed by atoms with Gasteiger partial charge in [0.2, 0.25) is 5.91 Å². The van der Waals surface area contributed by atoms with Gasteiger partial charge in [0.15, 0.2) is 9.84 Å². The van der Waals surface area contributed by atoms with Crippen molar-refractivity contribution >= 4 is 44.7 Å². The Morgan fingerprint density at radius 3 is 2.74 bits per heavy atom. The first-order valence-electron chi connectivity index (χ1n) is 8.51. The summed E-state index contributed by atoms with van der Waals surface area (Å²) in [6, 6.07) is 3.34. The van der Waals surface area contributed by atoms with Gasteiger partial charge in [-0.3, -0.25) is 19.3 Å². The summed E-state index contributed by atoms with van der Waals surface area (Å²) in [5.74, 6) is -0.633. The molecule has 1 aromatic heterocycles. The van der Waals surface area contributed by atoms with E-state index in [1.807, 2.05) is 29.9 Å². The van der Waals surface area contributed by atoms with Gasteiger partial charge in [0.1, 0.15) is 0 Å². The molecule has 2 fully saturated rings. The summed E-state index contributed by atoms with van der Waals surface area (Å²) in [5, 5.41) is -0.403. The van der Waals surface area contributed by atoms with E-state index in [9.17, 15) is 22.8 Å². The zero-order valence-electron chi connectivity index (χ0n) is 15.1. The van der Waals surface area contributed by atoms with E-state index < -0.39 is 21.0 Å². The molecule has 2 saturated heterocycles. The van der Waals surface area contributed by atoms with Gasteiger partial charge in [0.05, 0.1) is 16.4 Å². The van der Waals surface area contributed by atoms with E-state index in [0.717, 1.165) is 22.4 Å². The van der Waals surface area contributed by atoms with Crippen molar-refractivity contribution in [2.24, 2.45) is 7.05 Å². The lowest BCUT2D eigenvalue weighted by Crippen LogP contribution is -2.40. The van der Waals surface area contributed by atoms with Gasteiger partial charge in [0.25, 0.3) is 11.1 Å². The van der Waals surface area contributed by atoms with Crippen molar-refractivity contribution in [1.29, 1.82) is 0 Å². The van der Waals surface area contributed by atoms with Crippen molar-refractivity contribution in [3.05, 3.63) is 28.9 Å². The number of aryl methyl sites for hydroxylation is 1. The number of imide groups is 1. The van der Waals surface area contributed by atoms with Crippen molar-refractivity contribution in [1.82, 2.24) is 14.4 Å². The molecule has 0 spiro atoms. The van der Waals surface area contributed by atoms with Crippen molar-refractivity contribution < 1.29 is 22.8 Å². The van der Waals surface area contributed by atoms with E-state index in [4.69, 9.17) is 0 Å². The minimum atomic E-state index is -3.08. The Labute approximate surface area is 162 Å². The van der Waals surface area contributed by atoms with Crippen LogP contribution in [0.15, 0.2) is 23.2 Å².